The molecule has 1 aliphatic rings. The van der Waals surface area contributed by atoms with Gasteiger partial charge in [0.25, 0.3) is 0 Å². The number of nitrogens with two attached hydrogens (primary N) is 1. The van der Waals surface area contributed by atoms with E-state index in [9.17, 15) is 0 Å². The number of hydrogen-bond acceptors (Lipinski definition) is 2. The second-order valence-electron chi connectivity index (χ2n) is 1.89. The zero-order valence-corrected chi connectivity index (χ0v) is 4.75. The molecule has 0 fully saturated rings. The highest BCUT2D eigenvalue weighted by Crippen LogP contribution is 1.99. The standard InChI is InChI=1S/C6H10N2/c7-4-6-2-1-3-8-5-6/h1-3,6H,4-5,7H2/t6-/m1/s1. The van der Waals surface area contributed by atoms with Crippen LogP contribution >= 0.6 is 0 Å². The van der Waals surface area contributed by atoms with Crippen molar-refractivity contribution in [3.63, 3.8) is 0 Å². The summed E-state index contributed by atoms with van der Waals surface area (Å²) in [6.45, 7) is 1.58. The lowest BCUT2D eigenvalue weighted by atomic mass is 10.1. The molecule has 0 saturated heterocycles. The van der Waals surface area contributed by atoms with Crippen LogP contribution in [0.15, 0.2) is 17.1 Å². The van der Waals surface area contributed by atoms with E-state index >= 15 is 0 Å². The monoisotopic (exact) mass is 110 g/mol. The third-order valence-electron chi connectivity index (χ3n) is 1.22. The van der Waals surface area contributed by atoms with Gasteiger partial charge >= 0.3 is 0 Å². The van der Waals surface area contributed by atoms with Gasteiger partial charge in [0.15, 0.2) is 0 Å². The van der Waals surface area contributed by atoms with Gasteiger partial charge in [-0.3, -0.25) is 4.99 Å². The molecule has 1 atom stereocenters. The highest BCUT2D eigenvalue weighted by atomic mass is 14.7. The lowest BCUT2D eigenvalue weighted by molar-refractivity contribution is 0.673. The number of rotatable bonds is 1. The van der Waals surface area contributed by atoms with Gasteiger partial charge in [0.1, 0.15) is 0 Å². The summed E-state index contributed by atoms with van der Waals surface area (Å²) < 4.78 is 0. The molecule has 44 valence electrons. The van der Waals surface area contributed by atoms with Crippen molar-refractivity contribution in [2.45, 2.75) is 0 Å². The van der Waals surface area contributed by atoms with E-state index in [1.165, 1.54) is 0 Å². The highest BCUT2D eigenvalue weighted by molar-refractivity contribution is 5.71. The fourth-order valence-electron chi connectivity index (χ4n) is 0.678. The lowest BCUT2D eigenvalue weighted by Gasteiger charge is -2.07. The zero-order valence-electron chi connectivity index (χ0n) is 4.75. The van der Waals surface area contributed by atoms with Crippen LogP contribution in [0.2, 0.25) is 0 Å². The van der Waals surface area contributed by atoms with Gasteiger partial charge in [-0.15, -0.1) is 0 Å². The van der Waals surface area contributed by atoms with Gasteiger partial charge in [-0.25, -0.2) is 0 Å². The van der Waals surface area contributed by atoms with Crippen molar-refractivity contribution in [2.75, 3.05) is 13.1 Å². The van der Waals surface area contributed by atoms with Gasteiger partial charge in [0.05, 0.1) is 0 Å². The molecule has 1 aliphatic heterocycles. The Labute approximate surface area is 49.1 Å². The summed E-state index contributed by atoms with van der Waals surface area (Å²) in [4.78, 5) is 4.04. The molecule has 1 rings (SSSR count). The van der Waals surface area contributed by atoms with E-state index in [0.717, 1.165) is 6.54 Å². The Bertz CT molecular complexity index is 116. The van der Waals surface area contributed by atoms with Crippen LogP contribution in [0, 0.1) is 5.92 Å². The molecule has 0 amide bonds. The largest absolute Gasteiger partial charge is 0.330 e. The van der Waals surface area contributed by atoms with Crippen molar-refractivity contribution < 1.29 is 0 Å². The predicted molar refractivity (Wildman–Crippen MR) is 35.0 cm³/mol. The van der Waals surface area contributed by atoms with Crippen LogP contribution in [-0.4, -0.2) is 19.3 Å². The maximum absolute atomic E-state index is 5.38. The maximum Gasteiger partial charge on any atom is 0.0464 e. The van der Waals surface area contributed by atoms with Crippen molar-refractivity contribution in [3.05, 3.63) is 12.2 Å². The van der Waals surface area contributed by atoms with E-state index in [4.69, 9.17) is 5.73 Å². The second-order valence-corrected chi connectivity index (χ2v) is 1.89. The molecule has 0 aromatic heterocycles. The van der Waals surface area contributed by atoms with E-state index < -0.39 is 0 Å². The summed E-state index contributed by atoms with van der Waals surface area (Å²) >= 11 is 0. The molecule has 0 aromatic carbocycles. The maximum atomic E-state index is 5.38. The molecule has 2 nitrogen and oxygen atoms in total. The molecular formula is C6H10N2. The Morgan fingerprint density at radius 2 is 2.62 bits per heavy atom. The molecular weight excluding hydrogens is 100 g/mol. The molecule has 0 radical (unpaired) electrons. The number of aliphatic imine (C=N–C) groups is 1. The Hall–Kier alpha value is -0.630. The number of hydrogen-bond donors (Lipinski definition) is 1. The fraction of sp³-hybridized carbons (Fsp3) is 0.500. The SMILES string of the molecule is NC[C@H]1C=CC=NC1. The van der Waals surface area contributed by atoms with Crippen molar-refractivity contribution in [2.24, 2.45) is 16.6 Å². The van der Waals surface area contributed by atoms with Crippen LogP contribution in [0.4, 0.5) is 0 Å². The molecule has 8 heavy (non-hydrogen) atoms. The van der Waals surface area contributed by atoms with Crippen LogP contribution in [0.25, 0.3) is 0 Å². The summed E-state index contributed by atoms with van der Waals surface area (Å²) in [6.07, 6.45) is 5.85. The minimum absolute atomic E-state index is 0.486. The van der Waals surface area contributed by atoms with Crippen LogP contribution < -0.4 is 5.73 Å². The van der Waals surface area contributed by atoms with E-state index in [2.05, 4.69) is 11.1 Å². The normalized spacial score (nSPS) is 26.4. The van der Waals surface area contributed by atoms with Crippen molar-refractivity contribution in [1.82, 2.24) is 0 Å². The molecule has 2 heteroatoms. The van der Waals surface area contributed by atoms with Gasteiger partial charge in [-0.2, -0.15) is 0 Å². The quantitative estimate of drug-likeness (QED) is 0.514. The Morgan fingerprint density at radius 3 is 3.00 bits per heavy atom. The van der Waals surface area contributed by atoms with Gasteiger partial charge in [-0.1, -0.05) is 6.08 Å². The predicted octanol–water partition coefficient (Wildman–Crippen LogP) is 0.202. The number of nitrogens with zero attached hydrogens (tertiary/aromatic N) is 1. The third kappa shape index (κ3) is 1.17. The summed E-state index contributed by atoms with van der Waals surface area (Å²) in [5, 5.41) is 0. The van der Waals surface area contributed by atoms with Crippen molar-refractivity contribution >= 4 is 6.21 Å². The topological polar surface area (TPSA) is 38.4 Å². The summed E-state index contributed by atoms with van der Waals surface area (Å²) in [5.41, 5.74) is 5.38. The van der Waals surface area contributed by atoms with Crippen LogP contribution in [-0.2, 0) is 0 Å². The first-order valence-corrected chi connectivity index (χ1v) is 2.80. The third-order valence-corrected chi connectivity index (χ3v) is 1.22. The molecule has 2 N–H and O–H groups in total. The first-order chi connectivity index (χ1) is 3.93. The Morgan fingerprint density at radius 1 is 1.75 bits per heavy atom. The zero-order chi connectivity index (χ0) is 5.82. The van der Waals surface area contributed by atoms with E-state index in [1.54, 1.807) is 0 Å². The van der Waals surface area contributed by atoms with E-state index in [1.807, 2.05) is 12.3 Å². The number of allylic oxidation sites excluding steroid dienone is 1. The first kappa shape index (κ1) is 5.51. The highest BCUT2D eigenvalue weighted by Gasteiger charge is 2.00. The molecule has 0 aromatic rings. The Kier molecular flexibility index (Phi) is 1.80. The van der Waals surface area contributed by atoms with Crippen LogP contribution in [0.1, 0.15) is 0 Å². The molecule has 0 bridgehead atoms. The van der Waals surface area contributed by atoms with Gasteiger partial charge < -0.3 is 5.73 Å². The lowest BCUT2D eigenvalue weighted by Crippen LogP contribution is -2.16. The molecule has 0 spiro atoms. The smallest absolute Gasteiger partial charge is 0.0464 e. The number of dihydropyridines is 1. The summed E-state index contributed by atoms with van der Waals surface area (Å²) in [6, 6.07) is 0. The van der Waals surface area contributed by atoms with E-state index in [0.29, 0.717) is 12.5 Å². The van der Waals surface area contributed by atoms with E-state index in [-0.39, 0.29) is 0 Å². The first-order valence-electron chi connectivity index (χ1n) is 2.80. The average molecular weight is 110 g/mol. The fourth-order valence-corrected chi connectivity index (χ4v) is 0.678. The summed E-state index contributed by atoms with van der Waals surface area (Å²) in [5.74, 6) is 0.486. The van der Waals surface area contributed by atoms with Crippen molar-refractivity contribution in [1.29, 1.82) is 0 Å². The van der Waals surface area contributed by atoms with Crippen LogP contribution in [0.3, 0.4) is 0 Å². The Balaban J connectivity index is 2.40. The molecule has 0 aliphatic carbocycles. The van der Waals surface area contributed by atoms with Gasteiger partial charge in [0, 0.05) is 25.2 Å². The van der Waals surface area contributed by atoms with Crippen LogP contribution in [0.5, 0.6) is 0 Å². The summed E-state index contributed by atoms with van der Waals surface area (Å²) in [7, 11) is 0. The molecule has 0 saturated carbocycles. The van der Waals surface area contributed by atoms with Gasteiger partial charge in [0.2, 0.25) is 0 Å². The molecule has 1 heterocycles. The minimum atomic E-state index is 0.486. The average Bonchev–Trinajstić information content (AvgIpc) is 1.90. The van der Waals surface area contributed by atoms with Gasteiger partial charge in [-0.05, 0) is 6.08 Å². The molecule has 0 unspecified atom stereocenters. The minimum Gasteiger partial charge on any atom is -0.330 e. The van der Waals surface area contributed by atoms with Crippen molar-refractivity contribution in [3.8, 4) is 0 Å². The second kappa shape index (κ2) is 2.62.